The molecule has 21 heavy (non-hydrogen) atoms. The molecule has 1 aromatic heterocycles. The van der Waals surface area contributed by atoms with Gasteiger partial charge in [0.1, 0.15) is 0 Å². The Bertz CT molecular complexity index is 650. The highest BCUT2D eigenvalue weighted by atomic mass is 79.9. The molecule has 2 rings (SSSR count). The molecule has 0 bridgehead atoms. The molecule has 110 valence electrons. The maximum absolute atomic E-state index is 12.0. The van der Waals surface area contributed by atoms with Crippen LogP contribution in [0.15, 0.2) is 39.5 Å². The summed E-state index contributed by atoms with van der Waals surface area (Å²) in [6, 6.07) is 8.68. The topological polar surface area (TPSA) is 58.2 Å². The Morgan fingerprint density at radius 2 is 1.76 bits per heavy atom. The molecular formula is C15H15BrN2O2S. The molecule has 0 aliphatic carbocycles. The van der Waals surface area contributed by atoms with Gasteiger partial charge in [0.2, 0.25) is 0 Å². The van der Waals surface area contributed by atoms with Crippen molar-refractivity contribution in [3.8, 4) is 0 Å². The third-order valence-corrected chi connectivity index (χ3v) is 4.16. The Balaban J connectivity index is 2.02. The van der Waals surface area contributed by atoms with Crippen LogP contribution in [-0.4, -0.2) is 17.9 Å². The van der Waals surface area contributed by atoms with Gasteiger partial charge in [-0.25, -0.2) is 0 Å². The molecule has 0 fully saturated rings. The van der Waals surface area contributed by atoms with Gasteiger partial charge in [-0.3, -0.25) is 9.59 Å². The van der Waals surface area contributed by atoms with Crippen molar-refractivity contribution in [2.75, 3.05) is 5.32 Å². The van der Waals surface area contributed by atoms with E-state index in [4.69, 9.17) is 0 Å². The van der Waals surface area contributed by atoms with Gasteiger partial charge >= 0.3 is 0 Å². The molecule has 0 atom stereocenters. The molecule has 0 unspecified atom stereocenters. The lowest BCUT2D eigenvalue weighted by molar-refractivity contribution is 0.0942. The van der Waals surface area contributed by atoms with Crippen LogP contribution in [0.3, 0.4) is 0 Å². The number of anilines is 1. The predicted octanol–water partition coefficient (Wildman–Crippen LogP) is 3.90. The fraction of sp³-hybridized carbons (Fsp3) is 0.200. The largest absolute Gasteiger partial charge is 0.350 e. The van der Waals surface area contributed by atoms with Crippen molar-refractivity contribution in [2.45, 2.75) is 19.9 Å². The van der Waals surface area contributed by atoms with Gasteiger partial charge in [-0.15, -0.1) is 11.3 Å². The third-order valence-electron chi connectivity index (χ3n) is 2.65. The fourth-order valence-electron chi connectivity index (χ4n) is 1.68. The van der Waals surface area contributed by atoms with E-state index in [2.05, 4.69) is 26.6 Å². The first-order chi connectivity index (χ1) is 9.95. The Kier molecular flexibility index (Phi) is 5.14. The smallest absolute Gasteiger partial charge is 0.256 e. The average molecular weight is 367 g/mol. The Morgan fingerprint density at radius 3 is 2.29 bits per heavy atom. The molecule has 2 amide bonds. The molecule has 1 heterocycles. The van der Waals surface area contributed by atoms with Crippen molar-refractivity contribution in [3.05, 3.63) is 50.6 Å². The molecule has 0 aliphatic heterocycles. The quantitative estimate of drug-likeness (QED) is 0.861. The second-order valence-electron chi connectivity index (χ2n) is 4.80. The lowest BCUT2D eigenvalue weighted by Crippen LogP contribution is -2.29. The zero-order valence-corrected chi connectivity index (χ0v) is 14.0. The Hall–Kier alpha value is -1.66. The monoisotopic (exact) mass is 366 g/mol. The van der Waals surface area contributed by atoms with Crippen LogP contribution in [0.5, 0.6) is 0 Å². The van der Waals surface area contributed by atoms with Crippen LogP contribution in [0, 0.1) is 0 Å². The van der Waals surface area contributed by atoms with Crippen LogP contribution in [0.2, 0.25) is 0 Å². The molecule has 2 N–H and O–H groups in total. The lowest BCUT2D eigenvalue weighted by Gasteiger charge is -2.09. The Labute approximate surface area is 135 Å². The highest BCUT2D eigenvalue weighted by Crippen LogP contribution is 2.21. The van der Waals surface area contributed by atoms with Gasteiger partial charge in [0, 0.05) is 22.7 Å². The SMILES string of the molecule is CC(C)NC(=O)c1ccc(NC(=O)c2csc(Br)c2)cc1. The molecule has 0 saturated carbocycles. The number of hydrogen-bond acceptors (Lipinski definition) is 3. The minimum atomic E-state index is -0.170. The number of benzene rings is 1. The van der Waals surface area contributed by atoms with E-state index < -0.39 is 0 Å². The maximum Gasteiger partial charge on any atom is 0.256 e. The molecule has 0 saturated heterocycles. The molecule has 2 aromatic rings. The van der Waals surface area contributed by atoms with E-state index in [1.165, 1.54) is 11.3 Å². The first-order valence-electron chi connectivity index (χ1n) is 6.42. The van der Waals surface area contributed by atoms with E-state index in [1.54, 1.807) is 35.7 Å². The average Bonchev–Trinajstić information content (AvgIpc) is 2.85. The van der Waals surface area contributed by atoms with Gasteiger partial charge in [-0.2, -0.15) is 0 Å². The van der Waals surface area contributed by atoms with Gasteiger partial charge in [0.15, 0.2) is 0 Å². The Morgan fingerprint density at radius 1 is 1.10 bits per heavy atom. The number of amides is 2. The second-order valence-corrected chi connectivity index (χ2v) is 7.09. The van der Waals surface area contributed by atoms with E-state index in [-0.39, 0.29) is 17.9 Å². The van der Waals surface area contributed by atoms with Gasteiger partial charge in [-0.05, 0) is 60.1 Å². The molecule has 0 aliphatic rings. The highest BCUT2D eigenvalue weighted by Gasteiger charge is 2.10. The lowest BCUT2D eigenvalue weighted by atomic mass is 10.2. The summed E-state index contributed by atoms with van der Waals surface area (Å²) in [4.78, 5) is 23.8. The van der Waals surface area contributed by atoms with Gasteiger partial charge < -0.3 is 10.6 Å². The van der Waals surface area contributed by atoms with Crippen LogP contribution in [-0.2, 0) is 0 Å². The van der Waals surface area contributed by atoms with Gasteiger partial charge in [-0.1, -0.05) is 0 Å². The van der Waals surface area contributed by atoms with Crippen LogP contribution >= 0.6 is 27.3 Å². The number of carbonyl (C=O) groups is 2. The fourth-order valence-corrected chi connectivity index (χ4v) is 2.82. The van der Waals surface area contributed by atoms with E-state index in [9.17, 15) is 9.59 Å². The number of rotatable bonds is 4. The van der Waals surface area contributed by atoms with Crippen molar-refractivity contribution >= 4 is 44.8 Å². The molecule has 6 heteroatoms. The van der Waals surface area contributed by atoms with Crippen LogP contribution < -0.4 is 10.6 Å². The molecule has 0 radical (unpaired) electrons. The van der Waals surface area contributed by atoms with E-state index in [1.807, 2.05) is 13.8 Å². The van der Waals surface area contributed by atoms with E-state index >= 15 is 0 Å². The minimum Gasteiger partial charge on any atom is -0.350 e. The second kappa shape index (κ2) is 6.87. The summed E-state index contributed by atoms with van der Waals surface area (Å²) in [5.41, 5.74) is 1.83. The minimum absolute atomic E-state index is 0.0916. The molecule has 0 spiro atoms. The summed E-state index contributed by atoms with van der Waals surface area (Å²) in [6.07, 6.45) is 0. The normalized spacial score (nSPS) is 10.5. The summed E-state index contributed by atoms with van der Waals surface area (Å²) in [5.74, 6) is -0.291. The zero-order valence-electron chi connectivity index (χ0n) is 11.6. The van der Waals surface area contributed by atoms with Gasteiger partial charge in [0.25, 0.3) is 11.8 Å². The first-order valence-corrected chi connectivity index (χ1v) is 8.09. The standard InChI is InChI=1S/C15H15BrN2O2S/c1-9(2)17-14(19)10-3-5-12(6-4-10)18-15(20)11-7-13(16)21-8-11/h3-9H,1-2H3,(H,17,19)(H,18,20). The van der Waals surface area contributed by atoms with Crippen molar-refractivity contribution < 1.29 is 9.59 Å². The van der Waals surface area contributed by atoms with Crippen LogP contribution in [0.1, 0.15) is 34.6 Å². The van der Waals surface area contributed by atoms with Crippen LogP contribution in [0.25, 0.3) is 0 Å². The van der Waals surface area contributed by atoms with Crippen molar-refractivity contribution in [2.24, 2.45) is 0 Å². The number of nitrogens with one attached hydrogen (secondary N) is 2. The summed E-state index contributed by atoms with van der Waals surface area (Å²) in [5, 5.41) is 7.39. The van der Waals surface area contributed by atoms with Crippen molar-refractivity contribution in [1.82, 2.24) is 5.32 Å². The third kappa shape index (κ3) is 4.41. The maximum atomic E-state index is 12.0. The van der Waals surface area contributed by atoms with Crippen molar-refractivity contribution in [3.63, 3.8) is 0 Å². The predicted molar refractivity (Wildman–Crippen MR) is 89.0 cm³/mol. The van der Waals surface area contributed by atoms with Crippen LogP contribution in [0.4, 0.5) is 5.69 Å². The summed E-state index contributed by atoms with van der Waals surface area (Å²) in [7, 11) is 0. The zero-order chi connectivity index (χ0) is 15.4. The van der Waals surface area contributed by atoms with E-state index in [0.29, 0.717) is 16.8 Å². The highest BCUT2D eigenvalue weighted by molar-refractivity contribution is 9.11. The number of halogens is 1. The number of hydrogen-bond donors (Lipinski definition) is 2. The molecular weight excluding hydrogens is 352 g/mol. The van der Waals surface area contributed by atoms with Crippen molar-refractivity contribution in [1.29, 1.82) is 0 Å². The molecule has 1 aromatic carbocycles. The summed E-state index contributed by atoms with van der Waals surface area (Å²) in [6.45, 7) is 3.82. The molecule has 4 nitrogen and oxygen atoms in total. The number of thiophene rings is 1. The summed E-state index contributed by atoms with van der Waals surface area (Å²) >= 11 is 4.78. The summed E-state index contributed by atoms with van der Waals surface area (Å²) < 4.78 is 0.911. The van der Waals surface area contributed by atoms with Gasteiger partial charge in [0.05, 0.1) is 9.35 Å². The van der Waals surface area contributed by atoms with E-state index in [0.717, 1.165) is 3.79 Å². The number of carbonyl (C=O) groups excluding carboxylic acids is 2. The first kappa shape index (κ1) is 15.7.